The third kappa shape index (κ3) is 4.24. The summed E-state index contributed by atoms with van der Waals surface area (Å²) in [4.78, 5) is 30.5. The van der Waals surface area contributed by atoms with E-state index in [0.717, 1.165) is 50.6 Å². The van der Waals surface area contributed by atoms with E-state index in [1.54, 1.807) is 7.11 Å². The van der Waals surface area contributed by atoms with Gasteiger partial charge in [0.2, 0.25) is 0 Å². The molecule has 3 rings (SSSR count). The van der Waals surface area contributed by atoms with Gasteiger partial charge in [-0.1, -0.05) is 0 Å². The van der Waals surface area contributed by atoms with Gasteiger partial charge in [0.05, 0.1) is 7.11 Å². The highest BCUT2D eigenvalue weighted by atomic mass is 16.5. The minimum absolute atomic E-state index is 0.358. The molecule has 0 aliphatic carbocycles. The van der Waals surface area contributed by atoms with Crippen LogP contribution in [0.15, 0.2) is 33.9 Å². The molecule has 1 aliphatic rings. The SMILES string of the molecule is COc1ccc(N2CCN(c3c(NCCCN(C)C)c(=O)c3=O)CC2)cc1. The molecule has 2 aromatic rings. The van der Waals surface area contributed by atoms with Crippen LogP contribution in [0.25, 0.3) is 0 Å². The summed E-state index contributed by atoms with van der Waals surface area (Å²) < 4.78 is 5.20. The Labute approximate surface area is 159 Å². The van der Waals surface area contributed by atoms with Crippen LogP contribution in [0, 0.1) is 0 Å². The number of methoxy groups -OCH3 is 1. The highest BCUT2D eigenvalue weighted by molar-refractivity contribution is 5.75. The minimum Gasteiger partial charge on any atom is -0.497 e. The summed E-state index contributed by atoms with van der Waals surface area (Å²) in [6, 6.07) is 8.00. The molecule has 1 N–H and O–H groups in total. The number of rotatable bonds is 8. The lowest BCUT2D eigenvalue weighted by Crippen LogP contribution is -2.51. The second-order valence-corrected chi connectivity index (χ2v) is 7.14. The van der Waals surface area contributed by atoms with E-state index in [-0.39, 0.29) is 10.9 Å². The summed E-state index contributed by atoms with van der Waals surface area (Å²) in [5.74, 6) is 0.839. The summed E-state index contributed by atoms with van der Waals surface area (Å²) in [5, 5.41) is 3.17. The molecule has 0 spiro atoms. The lowest BCUT2D eigenvalue weighted by atomic mass is 10.1. The maximum atomic E-state index is 12.1. The molecule has 1 heterocycles. The van der Waals surface area contributed by atoms with Gasteiger partial charge in [-0.05, 0) is 51.3 Å². The molecule has 0 bridgehead atoms. The van der Waals surface area contributed by atoms with Crippen LogP contribution >= 0.6 is 0 Å². The maximum absolute atomic E-state index is 12.1. The first kappa shape index (κ1) is 19.2. The number of piperazine rings is 1. The Kier molecular flexibility index (Phi) is 6.01. The first-order valence-electron chi connectivity index (χ1n) is 9.37. The van der Waals surface area contributed by atoms with Gasteiger partial charge in [0.25, 0.3) is 10.9 Å². The van der Waals surface area contributed by atoms with Crippen molar-refractivity contribution >= 4 is 17.1 Å². The van der Waals surface area contributed by atoms with Crippen LogP contribution in [0.3, 0.4) is 0 Å². The van der Waals surface area contributed by atoms with E-state index in [9.17, 15) is 9.59 Å². The zero-order chi connectivity index (χ0) is 19.4. The molecule has 146 valence electrons. The van der Waals surface area contributed by atoms with Crippen molar-refractivity contribution in [1.29, 1.82) is 0 Å². The van der Waals surface area contributed by atoms with Gasteiger partial charge in [0.15, 0.2) is 0 Å². The van der Waals surface area contributed by atoms with Gasteiger partial charge >= 0.3 is 0 Å². The fourth-order valence-electron chi connectivity index (χ4n) is 3.44. The minimum atomic E-state index is -0.382. The molecule has 27 heavy (non-hydrogen) atoms. The number of nitrogens with zero attached hydrogens (tertiary/aromatic N) is 3. The van der Waals surface area contributed by atoms with E-state index in [1.807, 2.05) is 43.3 Å². The highest BCUT2D eigenvalue weighted by Crippen LogP contribution is 2.25. The van der Waals surface area contributed by atoms with Crippen LogP contribution in [0.5, 0.6) is 5.75 Å². The average Bonchev–Trinajstić information content (AvgIpc) is 2.70. The molecule has 7 nitrogen and oxygen atoms in total. The monoisotopic (exact) mass is 372 g/mol. The van der Waals surface area contributed by atoms with Crippen molar-refractivity contribution in [2.24, 2.45) is 0 Å². The zero-order valence-corrected chi connectivity index (χ0v) is 16.3. The van der Waals surface area contributed by atoms with E-state index in [0.29, 0.717) is 17.9 Å². The number of anilines is 3. The summed E-state index contributed by atoms with van der Waals surface area (Å²) >= 11 is 0. The molecule has 2 aromatic carbocycles. The first-order chi connectivity index (χ1) is 13.0. The zero-order valence-electron chi connectivity index (χ0n) is 16.3. The standard InChI is InChI=1S/C20H28N4O3/c1-22(2)10-4-9-21-17-18(20(26)19(17)25)24-13-11-23(12-14-24)15-5-7-16(27-3)8-6-15/h5-8,21H,4,9-14H2,1-3H3. The van der Waals surface area contributed by atoms with Crippen molar-refractivity contribution in [2.75, 3.05) is 75.6 Å². The van der Waals surface area contributed by atoms with Crippen LogP contribution in [0.1, 0.15) is 6.42 Å². The lowest BCUT2D eigenvalue weighted by molar-refractivity contribution is 0.405. The van der Waals surface area contributed by atoms with Crippen LogP contribution in [-0.2, 0) is 0 Å². The maximum Gasteiger partial charge on any atom is 0.253 e. The molecule has 1 saturated heterocycles. The molecule has 0 saturated carbocycles. The molecule has 7 heteroatoms. The topological polar surface area (TPSA) is 65.1 Å². The van der Waals surface area contributed by atoms with Crippen molar-refractivity contribution in [1.82, 2.24) is 4.90 Å². The number of nitrogens with one attached hydrogen (secondary N) is 1. The third-order valence-electron chi connectivity index (χ3n) is 5.00. The normalized spacial score (nSPS) is 14.8. The second kappa shape index (κ2) is 8.43. The Bertz CT molecular complexity index is 817. The van der Waals surface area contributed by atoms with Crippen molar-refractivity contribution < 1.29 is 4.74 Å². The van der Waals surface area contributed by atoms with Gasteiger partial charge in [-0.25, -0.2) is 0 Å². The largest absolute Gasteiger partial charge is 0.497 e. The first-order valence-corrected chi connectivity index (χ1v) is 9.37. The molecule has 0 aromatic heterocycles. The quantitative estimate of drug-likeness (QED) is 0.547. The lowest BCUT2D eigenvalue weighted by Gasteiger charge is -2.38. The summed E-state index contributed by atoms with van der Waals surface area (Å²) in [5.41, 5.74) is 1.47. The molecular weight excluding hydrogens is 344 g/mol. The van der Waals surface area contributed by atoms with Crippen molar-refractivity contribution in [3.8, 4) is 5.75 Å². The van der Waals surface area contributed by atoms with E-state index in [4.69, 9.17) is 4.74 Å². The average molecular weight is 372 g/mol. The molecule has 0 radical (unpaired) electrons. The Morgan fingerprint density at radius 2 is 1.63 bits per heavy atom. The number of hydrogen-bond acceptors (Lipinski definition) is 7. The molecule has 0 atom stereocenters. The fourth-order valence-corrected chi connectivity index (χ4v) is 3.44. The second-order valence-electron chi connectivity index (χ2n) is 7.14. The summed E-state index contributed by atoms with van der Waals surface area (Å²) in [6.45, 7) is 4.71. The highest BCUT2D eigenvalue weighted by Gasteiger charge is 2.28. The van der Waals surface area contributed by atoms with Crippen LogP contribution in [-0.4, -0.2) is 65.4 Å². The summed E-state index contributed by atoms with van der Waals surface area (Å²) in [6.07, 6.45) is 0.927. The Morgan fingerprint density at radius 1 is 1.00 bits per heavy atom. The van der Waals surface area contributed by atoms with E-state index >= 15 is 0 Å². The Balaban J connectivity index is 1.58. The van der Waals surface area contributed by atoms with Crippen molar-refractivity contribution in [2.45, 2.75) is 6.42 Å². The van der Waals surface area contributed by atoms with Gasteiger partial charge in [0.1, 0.15) is 17.1 Å². The molecular formula is C20H28N4O3. The van der Waals surface area contributed by atoms with Crippen LogP contribution < -0.4 is 30.7 Å². The van der Waals surface area contributed by atoms with Gasteiger partial charge in [-0.3, -0.25) is 9.59 Å². The van der Waals surface area contributed by atoms with Crippen molar-refractivity contribution in [3.63, 3.8) is 0 Å². The summed E-state index contributed by atoms with van der Waals surface area (Å²) in [7, 11) is 5.70. The van der Waals surface area contributed by atoms with Crippen LogP contribution in [0.4, 0.5) is 17.1 Å². The van der Waals surface area contributed by atoms with Crippen LogP contribution in [0.2, 0.25) is 0 Å². The molecule has 0 unspecified atom stereocenters. The van der Waals surface area contributed by atoms with Gasteiger partial charge in [-0.15, -0.1) is 0 Å². The fraction of sp³-hybridized carbons (Fsp3) is 0.500. The Hall–Kier alpha value is -2.54. The predicted molar refractivity (Wildman–Crippen MR) is 110 cm³/mol. The molecule has 1 aliphatic heterocycles. The van der Waals surface area contributed by atoms with Gasteiger partial charge < -0.3 is 24.8 Å². The van der Waals surface area contributed by atoms with E-state index in [1.165, 1.54) is 0 Å². The van der Waals surface area contributed by atoms with Gasteiger partial charge in [-0.2, -0.15) is 0 Å². The molecule has 0 amide bonds. The predicted octanol–water partition coefficient (Wildman–Crippen LogP) is 0.981. The van der Waals surface area contributed by atoms with E-state index in [2.05, 4.69) is 15.1 Å². The number of benzene rings is 1. The smallest absolute Gasteiger partial charge is 0.253 e. The number of ether oxygens (including phenoxy) is 1. The Morgan fingerprint density at radius 3 is 2.22 bits per heavy atom. The van der Waals surface area contributed by atoms with E-state index < -0.39 is 0 Å². The third-order valence-corrected chi connectivity index (χ3v) is 5.00. The van der Waals surface area contributed by atoms with Gasteiger partial charge in [0, 0.05) is 38.4 Å². The number of hydrogen-bond donors (Lipinski definition) is 1. The van der Waals surface area contributed by atoms with Crippen molar-refractivity contribution in [3.05, 3.63) is 44.7 Å². The molecule has 1 fully saturated rings.